The molecule has 1 aliphatic carbocycles. The Hall–Kier alpha value is -1.94. The van der Waals surface area contributed by atoms with Crippen LogP contribution in [0.3, 0.4) is 0 Å². The molecule has 3 aliphatic rings. The Morgan fingerprint density at radius 1 is 1.29 bits per heavy atom. The first-order valence-corrected chi connectivity index (χ1v) is 14.1. The number of likely N-dealkylation sites (N-methyl/N-ethyl adjacent to an activating group) is 1. The van der Waals surface area contributed by atoms with E-state index in [1.807, 2.05) is 19.1 Å². The van der Waals surface area contributed by atoms with Crippen molar-refractivity contribution in [1.29, 1.82) is 0 Å². The zero-order valence-electron chi connectivity index (χ0n) is 21.0. The second-order valence-electron chi connectivity index (χ2n) is 10.1. The molecule has 1 aromatic carbocycles. The SMILES string of the molecule is C[C@H](CO)N1C[C@H](C)[C@@H](CN(C)C(=O)C2CCOCC2)Oc2cc(C3=CCCC3)ccc2S1(=O)=O. The Bertz CT molecular complexity index is 1050. The summed E-state index contributed by atoms with van der Waals surface area (Å²) in [4.78, 5) is 14.9. The van der Waals surface area contributed by atoms with Gasteiger partial charge < -0.3 is 19.5 Å². The van der Waals surface area contributed by atoms with Gasteiger partial charge in [0.05, 0.1) is 13.2 Å². The number of aliphatic hydroxyl groups is 1. The molecule has 35 heavy (non-hydrogen) atoms. The van der Waals surface area contributed by atoms with Crippen LogP contribution in [0.25, 0.3) is 5.57 Å². The van der Waals surface area contributed by atoms with Crippen molar-refractivity contribution in [3.63, 3.8) is 0 Å². The summed E-state index contributed by atoms with van der Waals surface area (Å²) < 4.78 is 40.5. The number of hydrogen-bond donors (Lipinski definition) is 1. The summed E-state index contributed by atoms with van der Waals surface area (Å²) in [6.07, 6.45) is 6.29. The highest BCUT2D eigenvalue weighted by Gasteiger charge is 2.39. The molecule has 1 amide bonds. The van der Waals surface area contributed by atoms with E-state index in [1.54, 1.807) is 24.9 Å². The van der Waals surface area contributed by atoms with Crippen molar-refractivity contribution in [2.45, 2.75) is 63.0 Å². The monoisotopic (exact) mass is 506 g/mol. The molecule has 0 spiro atoms. The van der Waals surface area contributed by atoms with E-state index in [0.29, 0.717) is 38.3 Å². The van der Waals surface area contributed by atoms with Gasteiger partial charge in [0, 0.05) is 44.7 Å². The lowest BCUT2D eigenvalue weighted by Gasteiger charge is -2.38. The molecule has 1 N–H and O–H groups in total. The van der Waals surface area contributed by atoms with Gasteiger partial charge in [-0.1, -0.05) is 19.1 Å². The van der Waals surface area contributed by atoms with Gasteiger partial charge in [-0.05, 0) is 62.3 Å². The van der Waals surface area contributed by atoms with E-state index in [-0.39, 0.29) is 35.8 Å². The first kappa shape index (κ1) is 26.1. The lowest BCUT2D eigenvalue weighted by Crippen LogP contribution is -2.50. The maximum atomic E-state index is 13.6. The van der Waals surface area contributed by atoms with E-state index >= 15 is 0 Å². The molecule has 0 saturated carbocycles. The molecular formula is C26H38N2O6S. The van der Waals surface area contributed by atoms with Gasteiger partial charge in [-0.15, -0.1) is 0 Å². The molecule has 9 heteroatoms. The predicted octanol–water partition coefficient (Wildman–Crippen LogP) is 2.91. The second kappa shape index (κ2) is 11.0. The summed E-state index contributed by atoms with van der Waals surface area (Å²) in [5.41, 5.74) is 2.17. The van der Waals surface area contributed by atoms with Crippen LogP contribution in [0.2, 0.25) is 0 Å². The van der Waals surface area contributed by atoms with Crippen LogP contribution in [-0.2, 0) is 19.6 Å². The molecule has 1 saturated heterocycles. The van der Waals surface area contributed by atoms with Gasteiger partial charge in [0.25, 0.3) is 0 Å². The Kier molecular flexibility index (Phi) is 8.20. The first-order valence-electron chi connectivity index (χ1n) is 12.7. The van der Waals surface area contributed by atoms with Gasteiger partial charge in [-0.25, -0.2) is 8.42 Å². The van der Waals surface area contributed by atoms with E-state index in [9.17, 15) is 18.3 Å². The minimum absolute atomic E-state index is 0.0582. The average Bonchev–Trinajstić information content (AvgIpc) is 3.40. The van der Waals surface area contributed by atoms with Crippen LogP contribution in [0.15, 0.2) is 29.2 Å². The standard InChI is InChI=1S/C26H38N2O6S/c1-18-15-28(19(2)17-29)35(31,32)25-9-8-22(20-6-4-5-7-20)14-23(25)34-24(18)16-27(3)26(30)21-10-12-33-13-11-21/h6,8-9,14,18-19,21,24,29H,4-5,7,10-13,15-17H2,1-3H3/t18-,19+,24+/m0/s1. The molecule has 1 fully saturated rings. The summed E-state index contributed by atoms with van der Waals surface area (Å²) in [5.74, 6) is 0.127. The number of nitrogens with zero attached hydrogens (tertiary/aromatic N) is 2. The van der Waals surface area contributed by atoms with Crippen LogP contribution in [-0.4, -0.2) is 80.7 Å². The Labute approximate surface area is 208 Å². The highest BCUT2D eigenvalue weighted by Crippen LogP contribution is 2.37. The van der Waals surface area contributed by atoms with Crippen molar-refractivity contribution < 1.29 is 27.8 Å². The lowest BCUT2D eigenvalue weighted by molar-refractivity contribution is -0.138. The largest absolute Gasteiger partial charge is 0.487 e. The van der Waals surface area contributed by atoms with E-state index in [4.69, 9.17) is 9.47 Å². The maximum Gasteiger partial charge on any atom is 0.247 e. The van der Waals surface area contributed by atoms with Crippen LogP contribution in [0.1, 0.15) is 51.5 Å². The van der Waals surface area contributed by atoms with Crippen molar-refractivity contribution in [1.82, 2.24) is 9.21 Å². The molecule has 2 aliphatic heterocycles. The van der Waals surface area contributed by atoms with E-state index in [1.165, 1.54) is 9.88 Å². The maximum absolute atomic E-state index is 13.6. The molecule has 0 bridgehead atoms. The minimum Gasteiger partial charge on any atom is -0.487 e. The molecule has 0 radical (unpaired) electrons. The fraction of sp³-hybridized carbons (Fsp3) is 0.654. The molecule has 2 heterocycles. The number of carbonyl (C=O) groups excluding carboxylic acids is 1. The molecule has 1 aromatic rings. The van der Waals surface area contributed by atoms with Gasteiger partial charge in [0.15, 0.2) is 0 Å². The zero-order chi connectivity index (χ0) is 25.2. The van der Waals surface area contributed by atoms with Crippen LogP contribution in [0.5, 0.6) is 5.75 Å². The fourth-order valence-electron chi connectivity index (χ4n) is 5.19. The van der Waals surface area contributed by atoms with E-state index < -0.39 is 22.2 Å². The summed E-state index contributed by atoms with van der Waals surface area (Å²) in [6, 6.07) is 4.73. The number of fused-ring (bicyclic) bond motifs is 1. The molecule has 194 valence electrons. The smallest absolute Gasteiger partial charge is 0.247 e. The Morgan fingerprint density at radius 2 is 2.03 bits per heavy atom. The highest BCUT2D eigenvalue weighted by atomic mass is 32.2. The predicted molar refractivity (Wildman–Crippen MR) is 133 cm³/mol. The number of amides is 1. The first-order chi connectivity index (χ1) is 16.7. The molecule has 0 aromatic heterocycles. The summed E-state index contributed by atoms with van der Waals surface area (Å²) >= 11 is 0. The van der Waals surface area contributed by atoms with Crippen molar-refractivity contribution in [3.8, 4) is 5.75 Å². The number of ether oxygens (including phenoxy) is 2. The van der Waals surface area contributed by atoms with Crippen LogP contribution >= 0.6 is 0 Å². The van der Waals surface area contributed by atoms with Gasteiger partial charge in [-0.2, -0.15) is 4.31 Å². The van der Waals surface area contributed by atoms with Crippen LogP contribution < -0.4 is 4.74 Å². The summed E-state index contributed by atoms with van der Waals surface area (Å²) in [6.45, 7) is 5.11. The molecular weight excluding hydrogens is 468 g/mol. The molecule has 4 rings (SSSR count). The number of carbonyl (C=O) groups is 1. The van der Waals surface area contributed by atoms with Crippen molar-refractivity contribution in [2.75, 3.05) is 40.0 Å². The third-order valence-corrected chi connectivity index (χ3v) is 9.50. The average molecular weight is 507 g/mol. The van der Waals surface area contributed by atoms with Crippen molar-refractivity contribution in [3.05, 3.63) is 29.8 Å². The third-order valence-electron chi connectivity index (χ3n) is 7.48. The number of rotatable bonds is 6. The number of benzene rings is 1. The number of hydrogen-bond acceptors (Lipinski definition) is 6. The van der Waals surface area contributed by atoms with Crippen molar-refractivity contribution in [2.24, 2.45) is 11.8 Å². The van der Waals surface area contributed by atoms with E-state index in [0.717, 1.165) is 24.8 Å². The molecule has 8 nitrogen and oxygen atoms in total. The molecule has 0 unspecified atom stereocenters. The number of sulfonamides is 1. The summed E-state index contributed by atoms with van der Waals surface area (Å²) in [7, 11) is -2.09. The Balaban J connectivity index is 1.67. The topological polar surface area (TPSA) is 96.4 Å². The summed E-state index contributed by atoms with van der Waals surface area (Å²) in [5, 5.41) is 9.82. The van der Waals surface area contributed by atoms with Gasteiger partial charge in [-0.3, -0.25) is 4.79 Å². The lowest BCUT2D eigenvalue weighted by atomic mass is 9.97. The Morgan fingerprint density at radius 3 is 2.69 bits per heavy atom. The normalized spacial score (nSPS) is 26.1. The third kappa shape index (κ3) is 5.58. The zero-order valence-corrected chi connectivity index (χ0v) is 21.8. The van der Waals surface area contributed by atoms with Crippen molar-refractivity contribution >= 4 is 21.5 Å². The van der Waals surface area contributed by atoms with Crippen LogP contribution in [0.4, 0.5) is 0 Å². The van der Waals surface area contributed by atoms with Gasteiger partial charge in [0.2, 0.25) is 15.9 Å². The number of allylic oxidation sites excluding steroid dienone is 2. The minimum atomic E-state index is -3.88. The van der Waals surface area contributed by atoms with E-state index in [2.05, 4.69) is 6.08 Å². The number of aliphatic hydroxyl groups excluding tert-OH is 1. The highest BCUT2D eigenvalue weighted by molar-refractivity contribution is 7.89. The quantitative estimate of drug-likeness (QED) is 0.637. The second-order valence-corrected chi connectivity index (χ2v) is 12.0. The molecule has 3 atom stereocenters. The van der Waals surface area contributed by atoms with Gasteiger partial charge >= 0.3 is 0 Å². The van der Waals surface area contributed by atoms with Crippen LogP contribution in [0, 0.1) is 11.8 Å². The fourth-order valence-corrected chi connectivity index (χ4v) is 7.02. The van der Waals surface area contributed by atoms with Gasteiger partial charge in [0.1, 0.15) is 16.7 Å².